The van der Waals surface area contributed by atoms with Crippen LogP contribution in [0.5, 0.6) is 11.5 Å². The molecule has 10 heteroatoms. The lowest BCUT2D eigenvalue weighted by atomic mass is 9.94. The van der Waals surface area contributed by atoms with Crippen molar-refractivity contribution >= 4 is 24.8 Å². The van der Waals surface area contributed by atoms with E-state index >= 15 is 0 Å². The Hall–Kier alpha value is -2.18. The Kier molecular flexibility index (Phi) is 9.05. The van der Waals surface area contributed by atoms with Crippen molar-refractivity contribution in [1.82, 2.24) is 10.2 Å². The van der Waals surface area contributed by atoms with E-state index in [0.29, 0.717) is 29.8 Å². The third-order valence-electron chi connectivity index (χ3n) is 4.40. The molecule has 2 aromatic carbocycles. The molecule has 0 radical (unpaired) electrons. The van der Waals surface area contributed by atoms with Gasteiger partial charge in [-0.1, -0.05) is 12.1 Å². The molecule has 0 amide bonds. The van der Waals surface area contributed by atoms with Crippen LogP contribution in [-0.4, -0.2) is 42.5 Å². The summed E-state index contributed by atoms with van der Waals surface area (Å²) in [6, 6.07) is 11.9. The maximum absolute atomic E-state index is 12.4. The third kappa shape index (κ3) is 6.41. The largest absolute Gasteiger partial charge is 0.573 e. The number of aromatic hydroxyl groups is 1. The van der Waals surface area contributed by atoms with Crippen LogP contribution in [0.15, 0.2) is 42.5 Å². The summed E-state index contributed by atoms with van der Waals surface area (Å²) in [5.74, 6) is -0.270. The van der Waals surface area contributed by atoms with E-state index in [-0.39, 0.29) is 42.4 Å². The Morgan fingerprint density at radius 1 is 1.07 bits per heavy atom. The van der Waals surface area contributed by atoms with Crippen molar-refractivity contribution in [3.8, 4) is 17.6 Å². The number of phenols is 1. The molecule has 0 unspecified atom stereocenters. The molecule has 5 nitrogen and oxygen atoms in total. The lowest BCUT2D eigenvalue weighted by molar-refractivity contribution is -0.274. The highest BCUT2D eigenvalue weighted by molar-refractivity contribution is 5.85. The molecule has 0 spiro atoms. The summed E-state index contributed by atoms with van der Waals surface area (Å²) < 4.78 is 41.1. The molecule has 29 heavy (non-hydrogen) atoms. The second-order valence-corrected chi connectivity index (χ2v) is 6.19. The average molecular weight is 450 g/mol. The Labute approximate surface area is 178 Å². The molecule has 1 aliphatic rings. The van der Waals surface area contributed by atoms with Gasteiger partial charge in [-0.15, -0.1) is 38.0 Å². The van der Waals surface area contributed by atoms with Gasteiger partial charge >= 0.3 is 6.36 Å². The maximum atomic E-state index is 12.4. The molecule has 2 aromatic rings. The molecule has 2 N–H and O–H groups in total. The van der Waals surface area contributed by atoms with Crippen LogP contribution in [0, 0.1) is 11.3 Å². The summed E-state index contributed by atoms with van der Waals surface area (Å²) in [4.78, 5) is 2.12. The fourth-order valence-corrected chi connectivity index (χ4v) is 3.22. The normalized spacial score (nSPS) is 15.4. The van der Waals surface area contributed by atoms with Gasteiger partial charge in [-0.05, 0) is 35.9 Å². The van der Waals surface area contributed by atoms with E-state index < -0.39 is 6.36 Å². The first-order chi connectivity index (χ1) is 12.9. The van der Waals surface area contributed by atoms with Gasteiger partial charge in [0, 0.05) is 31.7 Å². The van der Waals surface area contributed by atoms with E-state index in [1.165, 1.54) is 24.3 Å². The van der Waals surface area contributed by atoms with Crippen LogP contribution < -0.4 is 10.1 Å². The first-order valence-electron chi connectivity index (χ1n) is 8.41. The number of ether oxygens (including phenoxy) is 1. The second kappa shape index (κ2) is 10.6. The zero-order valence-electron chi connectivity index (χ0n) is 15.1. The van der Waals surface area contributed by atoms with Crippen molar-refractivity contribution in [3.63, 3.8) is 0 Å². The van der Waals surface area contributed by atoms with E-state index in [1.807, 2.05) is 0 Å². The SMILES string of the molecule is Cl.Cl.N#Cc1ccc(O)c([C@@H](c2ccc(OC(F)(F)F)cc2)N2CCNCC2)c1. The van der Waals surface area contributed by atoms with Gasteiger partial charge in [0.15, 0.2) is 0 Å². The minimum Gasteiger partial charge on any atom is -0.508 e. The molecule has 0 aliphatic carbocycles. The van der Waals surface area contributed by atoms with E-state index in [4.69, 9.17) is 0 Å². The standard InChI is InChI=1S/C19H18F3N3O2.2ClH/c20-19(21,22)27-15-4-2-14(3-5-15)18(25-9-7-24-8-10-25)16-11-13(12-23)1-6-17(16)26;;/h1-6,11,18,24,26H,7-10H2;2*1H/t18-;;/m1../s1. The minimum atomic E-state index is -4.75. The number of phenolic OH excluding ortho intramolecular Hbond substituents is 1. The summed E-state index contributed by atoms with van der Waals surface area (Å²) in [7, 11) is 0. The monoisotopic (exact) mass is 449 g/mol. The van der Waals surface area contributed by atoms with Crippen molar-refractivity contribution < 1.29 is 23.0 Å². The molecule has 0 aromatic heterocycles. The Morgan fingerprint density at radius 3 is 2.24 bits per heavy atom. The molecular formula is C19H20Cl2F3N3O2. The number of piperazine rings is 1. The fraction of sp³-hybridized carbons (Fsp3) is 0.316. The van der Waals surface area contributed by atoms with Crippen molar-refractivity contribution in [2.24, 2.45) is 0 Å². The number of nitrogens with one attached hydrogen (secondary N) is 1. The summed E-state index contributed by atoms with van der Waals surface area (Å²) in [6.07, 6.45) is -4.75. The van der Waals surface area contributed by atoms with Crippen molar-refractivity contribution in [2.75, 3.05) is 26.2 Å². The number of benzene rings is 2. The van der Waals surface area contributed by atoms with Crippen molar-refractivity contribution in [1.29, 1.82) is 5.26 Å². The van der Waals surface area contributed by atoms with Crippen LogP contribution in [0.2, 0.25) is 0 Å². The zero-order valence-corrected chi connectivity index (χ0v) is 16.8. The van der Waals surface area contributed by atoms with Crippen LogP contribution in [0.1, 0.15) is 22.7 Å². The third-order valence-corrected chi connectivity index (χ3v) is 4.40. The van der Waals surface area contributed by atoms with Gasteiger partial charge in [-0.3, -0.25) is 4.90 Å². The quantitative estimate of drug-likeness (QED) is 0.737. The number of alkyl halides is 3. The van der Waals surface area contributed by atoms with Gasteiger partial charge in [-0.2, -0.15) is 5.26 Å². The lowest BCUT2D eigenvalue weighted by Crippen LogP contribution is -2.45. The van der Waals surface area contributed by atoms with Crippen LogP contribution >= 0.6 is 24.8 Å². The maximum Gasteiger partial charge on any atom is 0.573 e. The summed E-state index contributed by atoms with van der Waals surface area (Å²) in [5, 5.41) is 22.8. The molecule has 0 bridgehead atoms. The first-order valence-corrected chi connectivity index (χ1v) is 8.41. The summed E-state index contributed by atoms with van der Waals surface area (Å²) in [6.45, 7) is 2.90. The van der Waals surface area contributed by atoms with Crippen molar-refractivity contribution in [3.05, 3.63) is 59.2 Å². The first kappa shape index (κ1) is 24.9. The number of halogens is 5. The van der Waals surface area contributed by atoms with E-state index in [9.17, 15) is 23.5 Å². The van der Waals surface area contributed by atoms with E-state index in [2.05, 4.69) is 21.0 Å². The number of rotatable bonds is 4. The number of nitriles is 1. The zero-order chi connectivity index (χ0) is 19.4. The average Bonchev–Trinajstić information content (AvgIpc) is 2.64. The molecule has 1 fully saturated rings. The van der Waals surface area contributed by atoms with E-state index in [1.54, 1.807) is 18.2 Å². The van der Waals surface area contributed by atoms with Crippen LogP contribution in [0.4, 0.5) is 13.2 Å². The summed E-state index contributed by atoms with van der Waals surface area (Å²) >= 11 is 0. The van der Waals surface area contributed by atoms with Crippen LogP contribution in [-0.2, 0) is 0 Å². The Bertz CT molecular complexity index is 836. The van der Waals surface area contributed by atoms with Crippen LogP contribution in [0.25, 0.3) is 0 Å². The predicted octanol–water partition coefficient (Wildman–Crippen LogP) is 4.00. The lowest BCUT2D eigenvalue weighted by Gasteiger charge is -2.36. The van der Waals surface area contributed by atoms with Gasteiger partial charge in [0.05, 0.1) is 17.7 Å². The van der Waals surface area contributed by atoms with Gasteiger partial charge in [0.25, 0.3) is 0 Å². The topological polar surface area (TPSA) is 68.5 Å². The molecule has 1 atom stereocenters. The highest BCUT2D eigenvalue weighted by Gasteiger charge is 2.31. The van der Waals surface area contributed by atoms with Crippen LogP contribution in [0.3, 0.4) is 0 Å². The molecular weight excluding hydrogens is 430 g/mol. The number of nitrogens with zero attached hydrogens (tertiary/aromatic N) is 2. The van der Waals surface area contributed by atoms with Crippen molar-refractivity contribution in [2.45, 2.75) is 12.4 Å². The van der Waals surface area contributed by atoms with Gasteiger partial charge in [0.2, 0.25) is 0 Å². The summed E-state index contributed by atoms with van der Waals surface area (Å²) in [5.41, 5.74) is 1.65. The molecule has 1 saturated heterocycles. The molecule has 1 aliphatic heterocycles. The minimum absolute atomic E-state index is 0. The molecule has 3 rings (SSSR count). The van der Waals surface area contributed by atoms with E-state index in [0.717, 1.165) is 13.1 Å². The van der Waals surface area contributed by atoms with Gasteiger partial charge in [-0.25, -0.2) is 0 Å². The van der Waals surface area contributed by atoms with Gasteiger partial charge in [0.1, 0.15) is 11.5 Å². The fourth-order valence-electron chi connectivity index (χ4n) is 3.22. The second-order valence-electron chi connectivity index (χ2n) is 6.19. The highest BCUT2D eigenvalue weighted by atomic mass is 35.5. The number of hydrogen-bond donors (Lipinski definition) is 2. The smallest absolute Gasteiger partial charge is 0.508 e. The van der Waals surface area contributed by atoms with Gasteiger partial charge < -0.3 is 15.2 Å². The molecule has 158 valence electrons. The molecule has 1 heterocycles. The predicted molar refractivity (Wildman–Crippen MR) is 107 cm³/mol. The Morgan fingerprint density at radius 2 is 1.69 bits per heavy atom. The Balaban J connectivity index is 0.00000210. The number of hydrogen-bond acceptors (Lipinski definition) is 5. The molecule has 0 saturated carbocycles. The highest BCUT2D eigenvalue weighted by Crippen LogP contribution is 2.36.